The third-order valence-corrected chi connectivity index (χ3v) is 3.61. The molecule has 0 fully saturated rings. The number of halogens is 1. The van der Waals surface area contributed by atoms with Crippen LogP contribution in [0, 0.1) is 13.8 Å². The van der Waals surface area contributed by atoms with Crippen LogP contribution in [0.15, 0.2) is 23.4 Å². The van der Waals surface area contributed by atoms with Crippen molar-refractivity contribution in [1.82, 2.24) is 9.78 Å². The van der Waals surface area contributed by atoms with Gasteiger partial charge >= 0.3 is 5.97 Å². The Morgan fingerprint density at radius 2 is 2.09 bits per heavy atom. The summed E-state index contributed by atoms with van der Waals surface area (Å²) in [4.78, 5) is 17.1. The summed E-state index contributed by atoms with van der Waals surface area (Å²) in [7, 11) is 3.24. The zero-order valence-corrected chi connectivity index (χ0v) is 14.0. The van der Waals surface area contributed by atoms with Crippen LogP contribution in [0.4, 0.5) is 0 Å². The molecule has 1 heterocycles. The largest absolute Gasteiger partial charge is 0.496 e. The van der Waals surface area contributed by atoms with Crippen molar-refractivity contribution in [3.63, 3.8) is 0 Å². The second-order valence-corrected chi connectivity index (χ2v) is 5.31. The maximum atomic E-state index is 12.2. The number of aromatic nitrogens is 2. The Kier molecular flexibility index (Phi) is 4.90. The Balaban J connectivity index is 2.26. The van der Waals surface area contributed by atoms with Gasteiger partial charge in [0.25, 0.3) is 0 Å². The van der Waals surface area contributed by atoms with Crippen molar-refractivity contribution >= 4 is 23.4 Å². The summed E-state index contributed by atoms with van der Waals surface area (Å²) in [6.45, 7) is 3.49. The Labute approximate surface area is 138 Å². The molecule has 1 aromatic heterocycles. The van der Waals surface area contributed by atoms with Crippen molar-refractivity contribution < 1.29 is 14.4 Å². The van der Waals surface area contributed by atoms with Gasteiger partial charge in [0.05, 0.1) is 18.4 Å². The van der Waals surface area contributed by atoms with Gasteiger partial charge in [-0.05, 0) is 32.0 Å². The average molecular weight is 337 g/mol. The smallest absolute Gasteiger partial charge is 0.369 e. The fraction of sp³-hybridized carbons (Fsp3) is 0.267. The minimum absolute atomic E-state index is 0.0168. The molecule has 0 aliphatic rings. The molecule has 1 aromatic carbocycles. The lowest BCUT2D eigenvalue weighted by Gasteiger charge is -2.07. The summed E-state index contributed by atoms with van der Waals surface area (Å²) in [5.74, 6) is -0.172. The van der Waals surface area contributed by atoms with Crippen LogP contribution >= 0.6 is 11.6 Å². The second-order valence-electron chi connectivity index (χ2n) is 4.87. The lowest BCUT2D eigenvalue weighted by atomic mass is 10.2. The number of benzene rings is 1. The summed E-state index contributed by atoms with van der Waals surface area (Å²) in [5, 5.41) is 8.30. The highest BCUT2D eigenvalue weighted by atomic mass is 35.5. The zero-order chi connectivity index (χ0) is 17.1. The standard InChI is InChI=1S/C15H17ClN4O3/c1-8-13(9(2)20(3)18-8)15(21)23-19-14(17)11-7-10(16)5-6-12(11)22-4/h5-7H,1-4H3,(H2,17,19). The van der Waals surface area contributed by atoms with E-state index in [0.717, 1.165) is 0 Å². The molecule has 7 nitrogen and oxygen atoms in total. The Morgan fingerprint density at radius 3 is 2.65 bits per heavy atom. The molecule has 2 N–H and O–H groups in total. The molecule has 0 radical (unpaired) electrons. The van der Waals surface area contributed by atoms with Gasteiger partial charge in [-0.2, -0.15) is 5.10 Å². The molecule has 0 saturated heterocycles. The molecule has 2 rings (SSSR count). The van der Waals surface area contributed by atoms with Crippen molar-refractivity contribution in [3.05, 3.63) is 45.7 Å². The fourth-order valence-corrected chi connectivity index (χ4v) is 2.31. The van der Waals surface area contributed by atoms with Crippen LogP contribution in [-0.2, 0) is 11.9 Å². The number of carbonyl (C=O) groups excluding carboxylic acids is 1. The molecule has 23 heavy (non-hydrogen) atoms. The maximum Gasteiger partial charge on any atom is 0.369 e. The van der Waals surface area contributed by atoms with Gasteiger partial charge in [0, 0.05) is 17.8 Å². The highest BCUT2D eigenvalue weighted by Crippen LogP contribution is 2.22. The SMILES string of the molecule is COc1ccc(Cl)cc1/C(N)=N/OC(=O)c1c(C)nn(C)c1C. The predicted molar refractivity (Wildman–Crippen MR) is 86.8 cm³/mol. The Bertz CT molecular complexity index is 783. The zero-order valence-electron chi connectivity index (χ0n) is 13.3. The second kappa shape index (κ2) is 6.70. The van der Waals surface area contributed by atoms with Crippen LogP contribution in [0.1, 0.15) is 27.3 Å². The summed E-state index contributed by atoms with van der Waals surface area (Å²) in [6, 6.07) is 4.89. The van der Waals surface area contributed by atoms with Crippen molar-refractivity contribution in [1.29, 1.82) is 0 Å². The van der Waals surface area contributed by atoms with Gasteiger partial charge in [0.2, 0.25) is 0 Å². The third-order valence-electron chi connectivity index (χ3n) is 3.38. The first-order valence-corrected chi connectivity index (χ1v) is 7.11. The molecule has 0 bridgehead atoms. The average Bonchev–Trinajstić information content (AvgIpc) is 2.77. The van der Waals surface area contributed by atoms with Crippen LogP contribution in [0.3, 0.4) is 0 Å². The van der Waals surface area contributed by atoms with Crippen LogP contribution in [0.5, 0.6) is 5.75 Å². The van der Waals surface area contributed by atoms with Crippen LogP contribution in [-0.4, -0.2) is 28.7 Å². The molecule has 2 aromatic rings. The van der Waals surface area contributed by atoms with Gasteiger partial charge in [-0.25, -0.2) is 4.79 Å². The molecule has 0 atom stereocenters. The number of nitrogens with two attached hydrogens (primary N) is 1. The Hall–Kier alpha value is -2.54. The summed E-state index contributed by atoms with van der Waals surface area (Å²) in [6.07, 6.45) is 0. The van der Waals surface area contributed by atoms with Crippen LogP contribution in [0.25, 0.3) is 0 Å². The van der Waals surface area contributed by atoms with Crippen molar-refractivity contribution in [2.24, 2.45) is 17.9 Å². The van der Waals surface area contributed by atoms with Gasteiger partial charge in [0.15, 0.2) is 5.84 Å². The quantitative estimate of drug-likeness (QED) is 0.400. The number of oxime groups is 1. The lowest BCUT2D eigenvalue weighted by molar-refractivity contribution is 0.0514. The summed E-state index contributed by atoms with van der Waals surface area (Å²) in [5.41, 5.74) is 7.90. The van der Waals surface area contributed by atoms with Crippen molar-refractivity contribution in [2.75, 3.05) is 7.11 Å². The number of carbonyl (C=O) groups is 1. The number of amidine groups is 1. The Morgan fingerprint density at radius 1 is 1.39 bits per heavy atom. The predicted octanol–water partition coefficient (Wildman–Crippen LogP) is 2.18. The van der Waals surface area contributed by atoms with E-state index in [9.17, 15) is 4.79 Å². The van der Waals surface area contributed by atoms with Gasteiger partial charge in [-0.1, -0.05) is 16.8 Å². The topological polar surface area (TPSA) is 91.7 Å². The van der Waals surface area contributed by atoms with E-state index in [2.05, 4.69) is 10.3 Å². The number of methoxy groups -OCH3 is 1. The van der Waals surface area contributed by atoms with Gasteiger partial charge < -0.3 is 15.3 Å². The van der Waals surface area contributed by atoms with Gasteiger partial charge in [-0.15, -0.1) is 0 Å². The molecular weight excluding hydrogens is 320 g/mol. The van der Waals surface area contributed by atoms with E-state index in [1.54, 1.807) is 43.8 Å². The van der Waals surface area contributed by atoms with Crippen LogP contribution < -0.4 is 10.5 Å². The number of hydrogen-bond acceptors (Lipinski definition) is 5. The third kappa shape index (κ3) is 3.45. The molecule has 0 amide bonds. The summed E-state index contributed by atoms with van der Waals surface area (Å²) < 4.78 is 6.78. The number of rotatable bonds is 4. The molecule has 0 saturated carbocycles. The van der Waals surface area contributed by atoms with E-state index in [-0.39, 0.29) is 5.84 Å². The summed E-state index contributed by atoms with van der Waals surface area (Å²) >= 11 is 5.94. The number of hydrogen-bond donors (Lipinski definition) is 1. The van der Waals surface area contributed by atoms with Gasteiger partial charge in [-0.3, -0.25) is 4.68 Å². The minimum Gasteiger partial charge on any atom is -0.496 e. The van der Waals surface area contributed by atoms with E-state index in [4.69, 9.17) is 26.9 Å². The maximum absolute atomic E-state index is 12.2. The van der Waals surface area contributed by atoms with E-state index in [1.807, 2.05) is 0 Å². The highest BCUT2D eigenvalue weighted by Gasteiger charge is 2.19. The highest BCUT2D eigenvalue weighted by molar-refractivity contribution is 6.31. The van der Waals surface area contributed by atoms with E-state index in [1.165, 1.54) is 7.11 Å². The first-order valence-electron chi connectivity index (χ1n) is 6.74. The molecule has 0 aliphatic heterocycles. The lowest BCUT2D eigenvalue weighted by Crippen LogP contribution is -2.16. The molecule has 0 unspecified atom stereocenters. The van der Waals surface area contributed by atoms with Gasteiger partial charge in [0.1, 0.15) is 11.3 Å². The fourth-order valence-electron chi connectivity index (χ4n) is 2.13. The molecule has 8 heteroatoms. The first kappa shape index (κ1) is 16.8. The van der Waals surface area contributed by atoms with Crippen molar-refractivity contribution in [2.45, 2.75) is 13.8 Å². The first-order chi connectivity index (χ1) is 10.8. The monoisotopic (exact) mass is 336 g/mol. The van der Waals surface area contributed by atoms with E-state index in [0.29, 0.717) is 33.3 Å². The molecular formula is C15H17ClN4O3. The molecule has 0 aliphatic carbocycles. The number of nitrogens with zero attached hydrogens (tertiary/aromatic N) is 3. The van der Waals surface area contributed by atoms with Crippen LogP contribution in [0.2, 0.25) is 5.02 Å². The number of aryl methyl sites for hydroxylation is 2. The molecule has 122 valence electrons. The minimum atomic E-state index is -0.628. The molecule has 0 spiro atoms. The van der Waals surface area contributed by atoms with E-state index < -0.39 is 5.97 Å². The van der Waals surface area contributed by atoms with E-state index >= 15 is 0 Å². The van der Waals surface area contributed by atoms with Crippen molar-refractivity contribution in [3.8, 4) is 5.75 Å². The number of ether oxygens (including phenoxy) is 1. The normalized spacial score (nSPS) is 11.4.